The Morgan fingerprint density at radius 2 is 1.89 bits per heavy atom. The van der Waals surface area contributed by atoms with Gasteiger partial charge in [0.05, 0.1) is 13.7 Å². The summed E-state index contributed by atoms with van der Waals surface area (Å²) in [5.74, 6) is -0.988. The first kappa shape index (κ1) is 18.9. The van der Waals surface area contributed by atoms with Crippen molar-refractivity contribution in [2.24, 2.45) is 5.92 Å². The lowest BCUT2D eigenvalue weighted by Crippen LogP contribution is -2.34. The van der Waals surface area contributed by atoms with E-state index in [4.69, 9.17) is 9.47 Å². The Hall–Kier alpha value is -2.88. The first-order valence-corrected chi connectivity index (χ1v) is 9.15. The summed E-state index contributed by atoms with van der Waals surface area (Å²) in [4.78, 5) is 25.4. The Morgan fingerprint density at radius 3 is 2.52 bits per heavy atom. The molecule has 0 fully saturated rings. The Labute approximate surface area is 159 Å². The van der Waals surface area contributed by atoms with Crippen LogP contribution in [0, 0.1) is 12.8 Å². The largest absolute Gasteiger partial charge is 0.497 e. The molecule has 0 aromatic heterocycles. The third-order valence-electron chi connectivity index (χ3n) is 4.94. The summed E-state index contributed by atoms with van der Waals surface area (Å²) < 4.78 is 10.4. The van der Waals surface area contributed by atoms with Gasteiger partial charge in [-0.3, -0.25) is 9.59 Å². The molecule has 4 nitrogen and oxygen atoms in total. The van der Waals surface area contributed by atoms with Gasteiger partial charge < -0.3 is 9.47 Å². The fourth-order valence-electron chi connectivity index (χ4n) is 3.59. The lowest BCUT2D eigenvalue weighted by atomic mass is 9.73. The van der Waals surface area contributed by atoms with Crippen molar-refractivity contribution in [3.05, 3.63) is 71.3 Å². The highest BCUT2D eigenvalue weighted by Crippen LogP contribution is 2.40. The lowest BCUT2D eigenvalue weighted by molar-refractivity contribution is -0.151. The standard InChI is InChI=1S/C23H24O4/c1-4-27-23(25)22-20(16-8-10-19(26-3)11-9-16)13-18(14-21(22)24)17-7-5-6-15(2)12-17/h5-12,14,20,22H,4,13H2,1-3H3/t20-,22-/m1/s1. The Bertz CT molecular complexity index is 864. The Balaban J connectivity index is 2.01. The molecule has 0 unspecified atom stereocenters. The third-order valence-corrected chi connectivity index (χ3v) is 4.94. The van der Waals surface area contributed by atoms with Gasteiger partial charge in [0.2, 0.25) is 0 Å². The van der Waals surface area contributed by atoms with Crippen molar-refractivity contribution in [2.75, 3.05) is 13.7 Å². The number of hydrogen-bond acceptors (Lipinski definition) is 4. The minimum absolute atomic E-state index is 0.197. The molecule has 0 aliphatic heterocycles. The number of ketones is 1. The van der Waals surface area contributed by atoms with Crippen molar-refractivity contribution < 1.29 is 19.1 Å². The molecule has 27 heavy (non-hydrogen) atoms. The number of aryl methyl sites for hydroxylation is 1. The quantitative estimate of drug-likeness (QED) is 0.586. The van der Waals surface area contributed by atoms with Crippen molar-refractivity contribution in [1.82, 2.24) is 0 Å². The number of benzene rings is 2. The highest BCUT2D eigenvalue weighted by molar-refractivity contribution is 6.10. The molecule has 2 aromatic carbocycles. The SMILES string of the molecule is CCOC(=O)[C@H]1C(=O)C=C(c2cccc(C)c2)C[C@@H]1c1ccc(OC)cc1. The number of ether oxygens (including phenoxy) is 2. The first-order valence-electron chi connectivity index (χ1n) is 9.15. The van der Waals surface area contributed by atoms with Crippen LogP contribution in [-0.4, -0.2) is 25.5 Å². The second-order valence-corrected chi connectivity index (χ2v) is 6.75. The van der Waals surface area contributed by atoms with E-state index in [1.165, 1.54) is 0 Å². The zero-order chi connectivity index (χ0) is 19.4. The molecule has 0 heterocycles. The van der Waals surface area contributed by atoms with Crippen LogP contribution in [0.4, 0.5) is 0 Å². The van der Waals surface area contributed by atoms with E-state index in [9.17, 15) is 9.59 Å². The Morgan fingerprint density at radius 1 is 1.15 bits per heavy atom. The van der Waals surface area contributed by atoms with Crippen molar-refractivity contribution >= 4 is 17.3 Å². The van der Waals surface area contributed by atoms with Gasteiger partial charge in [-0.2, -0.15) is 0 Å². The second-order valence-electron chi connectivity index (χ2n) is 6.75. The predicted molar refractivity (Wildman–Crippen MR) is 105 cm³/mol. The molecule has 4 heteroatoms. The Kier molecular flexibility index (Phi) is 5.75. The highest BCUT2D eigenvalue weighted by Gasteiger charge is 2.39. The summed E-state index contributed by atoms with van der Waals surface area (Å²) in [6.45, 7) is 4.03. The van der Waals surface area contributed by atoms with E-state index >= 15 is 0 Å². The molecule has 0 spiro atoms. The van der Waals surface area contributed by atoms with Crippen molar-refractivity contribution in [3.63, 3.8) is 0 Å². The highest BCUT2D eigenvalue weighted by atomic mass is 16.5. The van der Waals surface area contributed by atoms with E-state index in [1.807, 2.05) is 49.4 Å². The number of carbonyl (C=O) groups excluding carboxylic acids is 2. The maximum absolute atomic E-state index is 12.9. The smallest absolute Gasteiger partial charge is 0.317 e. The number of hydrogen-bond donors (Lipinski definition) is 0. The number of allylic oxidation sites excluding steroid dienone is 2. The fourth-order valence-corrected chi connectivity index (χ4v) is 3.59. The summed E-state index contributed by atoms with van der Waals surface area (Å²) in [5, 5.41) is 0. The average molecular weight is 364 g/mol. The predicted octanol–water partition coefficient (Wildman–Crippen LogP) is 4.32. The summed E-state index contributed by atoms with van der Waals surface area (Å²) in [6, 6.07) is 15.6. The van der Waals surface area contributed by atoms with Crippen molar-refractivity contribution in [2.45, 2.75) is 26.2 Å². The van der Waals surface area contributed by atoms with Crippen LogP contribution in [0.3, 0.4) is 0 Å². The van der Waals surface area contributed by atoms with Crippen LogP contribution >= 0.6 is 0 Å². The van der Waals surface area contributed by atoms with Gasteiger partial charge in [0.15, 0.2) is 5.78 Å². The van der Waals surface area contributed by atoms with E-state index in [0.717, 1.165) is 28.0 Å². The van der Waals surface area contributed by atoms with Crippen LogP contribution < -0.4 is 4.74 Å². The van der Waals surface area contributed by atoms with Gasteiger partial charge in [-0.25, -0.2) is 0 Å². The topological polar surface area (TPSA) is 52.6 Å². The molecule has 1 aliphatic carbocycles. The van der Waals surface area contributed by atoms with Crippen LogP contribution in [-0.2, 0) is 14.3 Å². The van der Waals surface area contributed by atoms with Gasteiger partial charge in [0, 0.05) is 5.92 Å². The van der Waals surface area contributed by atoms with E-state index in [-0.39, 0.29) is 18.3 Å². The van der Waals surface area contributed by atoms with Gasteiger partial charge in [-0.15, -0.1) is 0 Å². The zero-order valence-electron chi connectivity index (χ0n) is 15.9. The molecule has 0 amide bonds. The number of methoxy groups -OCH3 is 1. The summed E-state index contributed by atoms with van der Waals surface area (Å²) in [7, 11) is 1.61. The maximum Gasteiger partial charge on any atom is 0.317 e. The molecular weight excluding hydrogens is 340 g/mol. The number of rotatable bonds is 5. The minimum Gasteiger partial charge on any atom is -0.497 e. The van der Waals surface area contributed by atoms with E-state index in [0.29, 0.717) is 6.42 Å². The van der Waals surface area contributed by atoms with E-state index in [2.05, 4.69) is 6.07 Å². The molecule has 0 saturated carbocycles. The molecule has 2 atom stereocenters. The third kappa shape index (κ3) is 4.11. The van der Waals surface area contributed by atoms with Crippen molar-refractivity contribution in [1.29, 1.82) is 0 Å². The molecule has 0 radical (unpaired) electrons. The molecule has 140 valence electrons. The van der Waals surface area contributed by atoms with Gasteiger partial charge in [0.25, 0.3) is 0 Å². The molecule has 3 rings (SSSR count). The fraction of sp³-hybridized carbons (Fsp3) is 0.304. The zero-order valence-corrected chi connectivity index (χ0v) is 15.9. The minimum atomic E-state index is -0.813. The van der Waals surface area contributed by atoms with Crippen LogP contribution in [0.5, 0.6) is 5.75 Å². The van der Waals surface area contributed by atoms with Gasteiger partial charge in [0.1, 0.15) is 11.7 Å². The molecule has 1 aliphatic rings. The number of esters is 1. The van der Waals surface area contributed by atoms with Crippen molar-refractivity contribution in [3.8, 4) is 5.75 Å². The van der Waals surface area contributed by atoms with Gasteiger partial charge >= 0.3 is 5.97 Å². The lowest BCUT2D eigenvalue weighted by Gasteiger charge is -2.29. The van der Waals surface area contributed by atoms with Crippen LogP contribution in [0.15, 0.2) is 54.6 Å². The first-order chi connectivity index (χ1) is 13.0. The maximum atomic E-state index is 12.9. The van der Waals surface area contributed by atoms with E-state index < -0.39 is 11.9 Å². The monoisotopic (exact) mass is 364 g/mol. The molecule has 0 bridgehead atoms. The summed E-state index contributed by atoms with van der Waals surface area (Å²) in [5.41, 5.74) is 4.03. The molecule has 0 saturated heterocycles. The summed E-state index contributed by atoms with van der Waals surface area (Å²) in [6.07, 6.45) is 2.21. The van der Waals surface area contributed by atoms with Crippen LogP contribution in [0.1, 0.15) is 36.0 Å². The normalized spacial score (nSPS) is 19.4. The molecule has 0 N–H and O–H groups in total. The summed E-state index contributed by atoms with van der Waals surface area (Å²) >= 11 is 0. The van der Waals surface area contributed by atoms with Gasteiger partial charge in [-0.1, -0.05) is 42.0 Å². The van der Waals surface area contributed by atoms with Crippen LogP contribution in [0.25, 0.3) is 5.57 Å². The molecule has 2 aromatic rings. The van der Waals surface area contributed by atoms with Gasteiger partial charge in [-0.05, 0) is 55.2 Å². The number of carbonyl (C=O) groups is 2. The second kappa shape index (κ2) is 8.21. The molecular formula is C23H24O4. The van der Waals surface area contributed by atoms with Crippen LogP contribution in [0.2, 0.25) is 0 Å². The van der Waals surface area contributed by atoms with E-state index in [1.54, 1.807) is 20.1 Å². The average Bonchev–Trinajstić information content (AvgIpc) is 2.67.